The summed E-state index contributed by atoms with van der Waals surface area (Å²) in [6.07, 6.45) is 5.93. The summed E-state index contributed by atoms with van der Waals surface area (Å²) in [4.78, 5) is 23.5. The number of halogens is 1. The second-order valence-corrected chi connectivity index (χ2v) is 7.19. The summed E-state index contributed by atoms with van der Waals surface area (Å²) >= 11 is 0. The molecule has 4 nitrogen and oxygen atoms in total. The van der Waals surface area contributed by atoms with Crippen LogP contribution >= 0.6 is 0 Å². The maximum Gasteiger partial charge on any atom is 0.255 e. The van der Waals surface area contributed by atoms with E-state index in [9.17, 15) is 9.18 Å². The predicted octanol–water partition coefficient (Wildman–Crippen LogP) is 4.23. The molecule has 0 saturated carbocycles. The Morgan fingerprint density at radius 3 is 2.75 bits per heavy atom. The van der Waals surface area contributed by atoms with Crippen molar-refractivity contribution >= 4 is 5.91 Å². The van der Waals surface area contributed by atoms with Crippen molar-refractivity contribution < 1.29 is 9.18 Å². The van der Waals surface area contributed by atoms with Gasteiger partial charge in [-0.05, 0) is 54.8 Å². The second-order valence-electron chi connectivity index (χ2n) is 7.19. The third kappa shape index (κ3) is 4.25. The van der Waals surface area contributed by atoms with Crippen molar-refractivity contribution in [2.45, 2.75) is 25.2 Å². The lowest BCUT2D eigenvalue weighted by molar-refractivity contribution is 0.0705. The predicted molar refractivity (Wildman–Crippen MR) is 106 cm³/mol. The van der Waals surface area contributed by atoms with Crippen LogP contribution < -0.4 is 0 Å². The lowest BCUT2D eigenvalue weighted by Gasteiger charge is -2.32. The van der Waals surface area contributed by atoms with Crippen LogP contribution in [0.2, 0.25) is 0 Å². The monoisotopic (exact) mass is 375 g/mol. The minimum absolute atomic E-state index is 0.0280. The van der Waals surface area contributed by atoms with Crippen LogP contribution in [0.1, 0.15) is 46.1 Å². The van der Waals surface area contributed by atoms with Crippen LogP contribution in [0.15, 0.2) is 67.0 Å². The Balaban J connectivity index is 1.47. The lowest BCUT2D eigenvalue weighted by atomic mass is 9.93. The van der Waals surface area contributed by atoms with E-state index in [0.29, 0.717) is 18.5 Å². The van der Waals surface area contributed by atoms with Gasteiger partial charge in [0.25, 0.3) is 5.91 Å². The van der Waals surface area contributed by atoms with Crippen LogP contribution in [0.25, 0.3) is 0 Å². The van der Waals surface area contributed by atoms with Crippen molar-refractivity contribution in [3.63, 3.8) is 0 Å². The number of aromatic nitrogens is 2. The first-order valence-corrected chi connectivity index (χ1v) is 9.58. The number of carbonyl (C=O) groups excluding carboxylic acids is 1. The minimum atomic E-state index is -0.231. The molecule has 0 bridgehead atoms. The number of rotatable bonds is 4. The van der Waals surface area contributed by atoms with Crippen molar-refractivity contribution in [3.8, 4) is 0 Å². The van der Waals surface area contributed by atoms with E-state index in [2.05, 4.69) is 4.98 Å². The molecular formula is C23H22FN3O. The molecule has 1 fully saturated rings. The van der Waals surface area contributed by atoms with E-state index in [1.54, 1.807) is 36.7 Å². The zero-order valence-corrected chi connectivity index (χ0v) is 15.6. The topological polar surface area (TPSA) is 46.1 Å². The van der Waals surface area contributed by atoms with Crippen LogP contribution in [0.3, 0.4) is 0 Å². The molecule has 2 aromatic heterocycles. The number of piperidine rings is 1. The summed E-state index contributed by atoms with van der Waals surface area (Å²) in [5, 5.41) is 0. The third-order valence-electron chi connectivity index (χ3n) is 5.16. The first-order valence-electron chi connectivity index (χ1n) is 9.58. The van der Waals surface area contributed by atoms with E-state index >= 15 is 0 Å². The zero-order chi connectivity index (χ0) is 19.3. The number of likely N-dealkylation sites (tertiary alicyclic amines) is 1. The third-order valence-corrected chi connectivity index (χ3v) is 5.16. The van der Waals surface area contributed by atoms with Crippen molar-refractivity contribution in [2.24, 2.45) is 0 Å². The van der Waals surface area contributed by atoms with E-state index in [1.807, 2.05) is 23.1 Å². The first-order chi connectivity index (χ1) is 13.7. The first kappa shape index (κ1) is 18.3. The van der Waals surface area contributed by atoms with Gasteiger partial charge >= 0.3 is 0 Å². The van der Waals surface area contributed by atoms with Gasteiger partial charge in [-0.15, -0.1) is 0 Å². The molecule has 142 valence electrons. The summed E-state index contributed by atoms with van der Waals surface area (Å²) in [6.45, 7) is 1.43. The molecule has 1 aliphatic rings. The normalized spacial score (nSPS) is 16.8. The summed E-state index contributed by atoms with van der Waals surface area (Å²) in [5.74, 6) is 0.0221. The number of nitrogens with zero attached hydrogens (tertiary/aromatic N) is 3. The Labute approximate surface area is 164 Å². The highest BCUT2D eigenvalue weighted by Crippen LogP contribution is 2.27. The van der Waals surface area contributed by atoms with Crippen LogP contribution in [0.4, 0.5) is 4.39 Å². The van der Waals surface area contributed by atoms with Crippen molar-refractivity contribution in [1.29, 1.82) is 0 Å². The van der Waals surface area contributed by atoms with Gasteiger partial charge in [0.15, 0.2) is 0 Å². The van der Waals surface area contributed by atoms with Gasteiger partial charge < -0.3 is 4.90 Å². The lowest BCUT2D eigenvalue weighted by Crippen LogP contribution is -2.39. The fourth-order valence-corrected chi connectivity index (χ4v) is 3.71. The van der Waals surface area contributed by atoms with Crippen LogP contribution in [-0.2, 0) is 6.42 Å². The zero-order valence-electron chi connectivity index (χ0n) is 15.6. The van der Waals surface area contributed by atoms with Gasteiger partial charge in [-0.1, -0.05) is 18.2 Å². The molecule has 0 N–H and O–H groups in total. The maximum atomic E-state index is 13.1. The van der Waals surface area contributed by atoms with E-state index in [1.165, 1.54) is 12.1 Å². The summed E-state index contributed by atoms with van der Waals surface area (Å²) in [7, 11) is 0. The molecule has 3 aromatic rings. The highest BCUT2D eigenvalue weighted by molar-refractivity contribution is 5.94. The molecule has 5 heteroatoms. The Bertz CT molecular complexity index is 944. The molecule has 0 radical (unpaired) electrons. The highest BCUT2D eigenvalue weighted by atomic mass is 19.1. The molecule has 1 aliphatic heterocycles. The molecule has 0 unspecified atom stereocenters. The summed E-state index contributed by atoms with van der Waals surface area (Å²) in [5.41, 5.74) is 3.63. The number of amides is 1. The number of hydrogen-bond acceptors (Lipinski definition) is 3. The van der Waals surface area contributed by atoms with Crippen LogP contribution in [0, 0.1) is 5.82 Å². The molecule has 3 heterocycles. The fourth-order valence-electron chi connectivity index (χ4n) is 3.71. The van der Waals surface area contributed by atoms with Gasteiger partial charge in [0.05, 0.1) is 5.56 Å². The van der Waals surface area contributed by atoms with Gasteiger partial charge in [-0.25, -0.2) is 4.39 Å². The quantitative estimate of drug-likeness (QED) is 0.686. The van der Waals surface area contributed by atoms with Crippen molar-refractivity contribution in [1.82, 2.24) is 14.9 Å². The second kappa shape index (κ2) is 8.30. The van der Waals surface area contributed by atoms with Gasteiger partial charge in [0.2, 0.25) is 0 Å². The van der Waals surface area contributed by atoms with E-state index < -0.39 is 0 Å². The standard InChI is InChI=1S/C23H22FN3O/c24-20-10-8-17(9-11-20)14-21-6-1-7-22(26-21)19-5-3-13-27(16-19)23(28)18-4-2-12-25-15-18/h1-2,4,6-12,15,19H,3,5,13-14,16H2/t19-/m1/s1. The average Bonchev–Trinajstić information content (AvgIpc) is 2.76. The molecule has 4 rings (SSSR count). The maximum absolute atomic E-state index is 13.1. The molecule has 1 atom stereocenters. The minimum Gasteiger partial charge on any atom is -0.338 e. The molecular weight excluding hydrogens is 353 g/mol. The smallest absolute Gasteiger partial charge is 0.255 e. The number of carbonyl (C=O) groups is 1. The number of hydrogen-bond donors (Lipinski definition) is 0. The summed E-state index contributed by atoms with van der Waals surface area (Å²) in [6, 6.07) is 16.2. The number of benzene rings is 1. The molecule has 28 heavy (non-hydrogen) atoms. The van der Waals surface area contributed by atoms with E-state index in [0.717, 1.165) is 36.3 Å². The van der Waals surface area contributed by atoms with Crippen molar-refractivity contribution in [3.05, 3.63) is 95.3 Å². The SMILES string of the molecule is O=C(c1cccnc1)N1CCC[C@@H](c2cccc(Cc3ccc(F)cc3)n2)C1. The van der Waals surface area contributed by atoms with Crippen LogP contribution in [0.5, 0.6) is 0 Å². The fraction of sp³-hybridized carbons (Fsp3) is 0.261. The molecule has 0 spiro atoms. The highest BCUT2D eigenvalue weighted by Gasteiger charge is 2.26. The average molecular weight is 375 g/mol. The largest absolute Gasteiger partial charge is 0.338 e. The molecule has 1 saturated heterocycles. The van der Waals surface area contributed by atoms with Gasteiger partial charge in [-0.2, -0.15) is 0 Å². The van der Waals surface area contributed by atoms with Gasteiger partial charge in [-0.3, -0.25) is 14.8 Å². The van der Waals surface area contributed by atoms with Gasteiger partial charge in [0, 0.05) is 49.2 Å². The van der Waals surface area contributed by atoms with E-state index in [-0.39, 0.29) is 17.6 Å². The van der Waals surface area contributed by atoms with Crippen molar-refractivity contribution in [2.75, 3.05) is 13.1 Å². The van der Waals surface area contributed by atoms with Crippen LogP contribution in [-0.4, -0.2) is 33.9 Å². The Hall–Kier alpha value is -3.08. The van der Waals surface area contributed by atoms with Gasteiger partial charge in [0.1, 0.15) is 5.82 Å². The molecule has 0 aliphatic carbocycles. The Morgan fingerprint density at radius 2 is 1.96 bits per heavy atom. The number of pyridine rings is 2. The molecule has 1 aromatic carbocycles. The van der Waals surface area contributed by atoms with E-state index in [4.69, 9.17) is 4.98 Å². The Morgan fingerprint density at radius 1 is 1.11 bits per heavy atom. The Kier molecular flexibility index (Phi) is 5.42. The molecule has 1 amide bonds. The summed E-state index contributed by atoms with van der Waals surface area (Å²) < 4.78 is 13.1.